The van der Waals surface area contributed by atoms with Crippen LogP contribution in [0, 0.1) is 5.41 Å². The minimum atomic E-state index is -0.365. The maximum absolute atomic E-state index is 12.9. The molecule has 3 N–H and O–H groups in total. The zero-order chi connectivity index (χ0) is 25.1. The quantitative estimate of drug-likeness (QED) is 0.315. The Morgan fingerprint density at radius 1 is 0.917 bits per heavy atom. The molecule has 7 nitrogen and oxygen atoms in total. The number of hydrogen-bond acceptors (Lipinski definition) is 6. The number of benzene rings is 3. The topological polar surface area (TPSA) is 85.9 Å². The molecule has 2 saturated heterocycles. The van der Waals surface area contributed by atoms with Gasteiger partial charge in [0.15, 0.2) is 0 Å². The van der Waals surface area contributed by atoms with Crippen molar-refractivity contribution in [1.29, 1.82) is 5.41 Å². The van der Waals surface area contributed by atoms with Gasteiger partial charge < -0.3 is 15.4 Å². The van der Waals surface area contributed by atoms with E-state index in [4.69, 9.17) is 15.9 Å². The van der Waals surface area contributed by atoms with Crippen LogP contribution in [0.2, 0.25) is 0 Å². The molecule has 2 fully saturated rings. The first-order valence-electron chi connectivity index (χ1n) is 12.8. The lowest BCUT2D eigenvalue weighted by Gasteiger charge is -2.44. The molecule has 7 heteroatoms. The number of nitrogens with zero attached hydrogens (tertiary/aromatic N) is 3. The first kappa shape index (κ1) is 24.3. The van der Waals surface area contributed by atoms with Crippen molar-refractivity contribution < 1.29 is 9.53 Å². The van der Waals surface area contributed by atoms with Gasteiger partial charge in [-0.3, -0.25) is 15.2 Å². The normalized spacial score (nSPS) is 18.8. The van der Waals surface area contributed by atoms with E-state index in [2.05, 4.69) is 57.2 Å². The molecule has 5 rings (SSSR count). The summed E-state index contributed by atoms with van der Waals surface area (Å²) in [6.07, 6.45) is 2.10. The van der Waals surface area contributed by atoms with Crippen molar-refractivity contribution >= 4 is 28.3 Å². The number of amidine groups is 1. The number of carbonyl (C=O) groups excluding carboxylic acids is 1. The van der Waals surface area contributed by atoms with Gasteiger partial charge in [-0.05, 0) is 59.5 Å². The fourth-order valence-electron chi connectivity index (χ4n) is 5.69. The van der Waals surface area contributed by atoms with Crippen molar-refractivity contribution in [1.82, 2.24) is 9.80 Å². The molecule has 0 spiro atoms. The van der Waals surface area contributed by atoms with Crippen molar-refractivity contribution in [3.8, 4) is 0 Å². The molecule has 0 saturated carbocycles. The summed E-state index contributed by atoms with van der Waals surface area (Å²) in [4.78, 5) is 20.2. The lowest BCUT2D eigenvalue weighted by Crippen LogP contribution is -2.54. The summed E-state index contributed by atoms with van der Waals surface area (Å²) in [5.41, 5.74) is 8.54. The first-order chi connectivity index (χ1) is 17.5. The maximum Gasteiger partial charge on any atom is 0.327 e. The standard InChI is InChI=1S/C29H35N5O2/c1-36-29(35)27(24-7-6-21-4-2-3-5-23(21)20-24)34-14-12-26(13-15-34)33-18-16-32(17-19-33)25-10-8-22(9-11-25)28(30)31/h2-11,20,26-27H,12-19H2,1H3,(H3,30,31). The molecule has 2 heterocycles. The van der Waals surface area contributed by atoms with Gasteiger partial charge in [-0.2, -0.15) is 0 Å². The van der Waals surface area contributed by atoms with Gasteiger partial charge >= 0.3 is 5.97 Å². The van der Waals surface area contributed by atoms with E-state index in [0.29, 0.717) is 6.04 Å². The number of ether oxygens (including phenoxy) is 1. The summed E-state index contributed by atoms with van der Waals surface area (Å²) < 4.78 is 5.23. The van der Waals surface area contributed by atoms with Gasteiger partial charge in [0.2, 0.25) is 0 Å². The average molecular weight is 486 g/mol. The second kappa shape index (κ2) is 10.7. The number of nitrogen functional groups attached to an aromatic ring is 1. The van der Waals surface area contributed by atoms with Crippen LogP contribution in [0.4, 0.5) is 5.69 Å². The maximum atomic E-state index is 12.9. The molecule has 2 aliphatic rings. The van der Waals surface area contributed by atoms with Crippen LogP contribution in [0.3, 0.4) is 0 Å². The molecule has 0 radical (unpaired) electrons. The third-order valence-corrected chi connectivity index (χ3v) is 7.75. The van der Waals surface area contributed by atoms with Crippen LogP contribution >= 0.6 is 0 Å². The number of piperidine rings is 1. The van der Waals surface area contributed by atoms with E-state index in [1.54, 1.807) is 0 Å². The number of methoxy groups -OCH3 is 1. The van der Waals surface area contributed by atoms with Crippen molar-refractivity contribution in [2.75, 3.05) is 51.3 Å². The Balaban J connectivity index is 1.19. The zero-order valence-corrected chi connectivity index (χ0v) is 20.9. The van der Waals surface area contributed by atoms with E-state index >= 15 is 0 Å². The number of likely N-dealkylation sites (tertiary alicyclic amines) is 1. The number of fused-ring (bicyclic) bond motifs is 1. The predicted octanol–water partition coefficient (Wildman–Crippen LogP) is 3.62. The number of nitrogens with one attached hydrogen (secondary N) is 1. The number of carbonyl (C=O) groups is 1. The summed E-state index contributed by atoms with van der Waals surface area (Å²) in [7, 11) is 1.48. The van der Waals surface area contributed by atoms with E-state index in [0.717, 1.165) is 68.6 Å². The highest BCUT2D eigenvalue weighted by Gasteiger charge is 2.34. The molecule has 188 valence electrons. The van der Waals surface area contributed by atoms with Gasteiger partial charge in [0, 0.05) is 56.6 Å². The summed E-state index contributed by atoms with van der Waals surface area (Å²) in [6, 6.07) is 22.7. The third kappa shape index (κ3) is 5.08. The molecule has 1 unspecified atom stereocenters. The fourth-order valence-corrected chi connectivity index (χ4v) is 5.69. The fraction of sp³-hybridized carbons (Fsp3) is 0.379. The van der Waals surface area contributed by atoms with Crippen molar-refractivity contribution in [3.05, 3.63) is 77.9 Å². The lowest BCUT2D eigenvalue weighted by molar-refractivity contribution is -0.148. The first-order valence-corrected chi connectivity index (χ1v) is 12.8. The number of nitrogens with two attached hydrogens (primary N) is 1. The lowest BCUT2D eigenvalue weighted by atomic mass is 9.96. The SMILES string of the molecule is COC(=O)C(c1ccc2ccccc2c1)N1CCC(N2CCN(c3ccc(C(=N)N)cc3)CC2)CC1. The molecule has 1 atom stereocenters. The van der Waals surface area contributed by atoms with E-state index < -0.39 is 0 Å². The monoisotopic (exact) mass is 485 g/mol. The van der Waals surface area contributed by atoms with Crippen LogP contribution < -0.4 is 10.6 Å². The van der Waals surface area contributed by atoms with Crippen molar-refractivity contribution in [2.45, 2.75) is 24.9 Å². The Kier molecular flexibility index (Phi) is 7.20. The highest BCUT2D eigenvalue weighted by molar-refractivity contribution is 5.95. The van der Waals surface area contributed by atoms with Gasteiger partial charge in [0.25, 0.3) is 0 Å². The molecule has 3 aromatic carbocycles. The zero-order valence-electron chi connectivity index (χ0n) is 20.9. The molecule has 0 bridgehead atoms. The van der Waals surface area contributed by atoms with E-state index in [9.17, 15) is 4.79 Å². The van der Waals surface area contributed by atoms with Crippen LogP contribution in [0.5, 0.6) is 0 Å². The number of piperazine rings is 1. The molecule has 0 aliphatic carbocycles. The predicted molar refractivity (Wildman–Crippen MR) is 145 cm³/mol. The van der Waals surface area contributed by atoms with E-state index in [1.165, 1.54) is 18.2 Å². The van der Waals surface area contributed by atoms with Crippen LogP contribution in [0.15, 0.2) is 66.7 Å². The Morgan fingerprint density at radius 3 is 2.22 bits per heavy atom. The Hall–Kier alpha value is -3.42. The second-order valence-electron chi connectivity index (χ2n) is 9.78. The molecule has 36 heavy (non-hydrogen) atoms. The summed E-state index contributed by atoms with van der Waals surface area (Å²) >= 11 is 0. The van der Waals surface area contributed by atoms with Gasteiger partial charge in [-0.15, -0.1) is 0 Å². The Bertz CT molecular complexity index is 1210. The number of hydrogen-bond donors (Lipinski definition) is 2. The molecule has 2 aliphatic heterocycles. The van der Waals surface area contributed by atoms with E-state index in [-0.39, 0.29) is 17.8 Å². The summed E-state index contributed by atoms with van der Waals surface area (Å²) in [5.74, 6) is -0.0825. The van der Waals surface area contributed by atoms with Crippen molar-refractivity contribution in [3.63, 3.8) is 0 Å². The number of esters is 1. The molecule has 3 aromatic rings. The molecule has 0 aromatic heterocycles. The molecular formula is C29H35N5O2. The van der Waals surface area contributed by atoms with Gasteiger partial charge in [0.05, 0.1) is 7.11 Å². The second-order valence-corrected chi connectivity index (χ2v) is 9.78. The van der Waals surface area contributed by atoms with Crippen molar-refractivity contribution in [2.24, 2.45) is 5.73 Å². The van der Waals surface area contributed by atoms with E-state index in [1.807, 2.05) is 24.3 Å². The van der Waals surface area contributed by atoms with Crippen LogP contribution in [-0.2, 0) is 9.53 Å². The van der Waals surface area contributed by atoms with Crippen LogP contribution in [0.25, 0.3) is 10.8 Å². The average Bonchev–Trinajstić information content (AvgIpc) is 2.93. The van der Waals surface area contributed by atoms with Gasteiger partial charge in [-0.1, -0.05) is 36.4 Å². The molecule has 0 amide bonds. The Labute approximate surface area is 212 Å². The van der Waals surface area contributed by atoms with Gasteiger partial charge in [0.1, 0.15) is 11.9 Å². The van der Waals surface area contributed by atoms with Crippen LogP contribution in [-0.4, -0.2) is 74.0 Å². The largest absolute Gasteiger partial charge is 0.468 e. The molecular weight excluding hydrogens is 450 g/mol. The van der Waals surface area contributed by atoms with Gasteiger partial charge in [-0.25, -0.2) is 4.79 Å². The number of rotatable bonds is 6. The summed E-state index contributed by atoms with van der Waals surface area (Å²) in [6.45, 7) is 5.80. The third-order valence-electron chi connectivity index (χ3n) is 7.75. The minimum absolute atomic E-state index is 0.104. The Morgan fingerprint density at radius 2 is 1.58 bits per heavy atom. The smallest absolute Gasteiger partial charge is 0.327 e. The number of anilines is 1. The highest BCUT2D eigenvalue weighted by Crippen LogP contribution is 2.30. The minimum Gasteiger partial charge on any atom is -0.468 e. The summed E-state index contributed by atoms with van der Waals surface area (Å²) in [5, 5.41) is 9.90. The highest BCUT2D eigenvalue weighted by atomic mass is 16.5. The van der Waals surface area contributed by atoms with Crippen LogP contribution in [0.1, 0.15) is 30.0 Å².